The third-order valence-electron chi connectivity index (χ3n) is 7.46. The molecular weight excluding hydrogens is 440 g/mol. The number of ether oxygens (including phenoxy) is 3. The van der Waals surface area contributed by atoms with E-state index in [0.29, 0.717) is 0 Å². The SMILES string of the molecule is CCOC1(C)C=CC([Si]([SiH2]C)(C2=CCC(C)(OCC)C=C2)C2=CCC(C)(OCC)C=C2)=CC1. The predicted octanol–water partition coefficient (Wildman–Crippen LogP) is 5.81. The van der Waals surface area contributed by atoms with Crippen molar-refractivity contribution in [3.8, 4) is 0 Å². The molecule has 0 saturated carbocycles. The maximum Gasteiger partial charge on any atom is 0.130 e. The number of hydrogen-bond acceptors (Lipinski definition) is 3. The molecule has 3 atom stereocenters. The van der Waals surface area contributed by atoms with Crippen LogP contribution in [0.4, 0.5) is 0 Å². The molecule has 0 aliphatic heterocycles. The Bertz CT molecular complexity index is 785. The fourth-order valence-corrected chi connectivity index (χ4v) is 16.2. The van der Waals surface area contributed by atoms with Crippen molar-refractivity contribution in [1.82, 2.24) is 0 Å². The van der Waals surface area contributed by atoms with E-state index < -0.39 is 16.6 Å². The molecule has 0 aromatic carbocycles. The highest BCUT2D eigenvalue weighted by Crippen LogP contribution is 2.41. The van der Waals surface area contributed by atoms with Crippen LogP contribution in [0.2, 0.25) is 6.55 Å². The van der Waals surface area contributed by atoms with Gasteiger partial charge < -0.3 is 14.2 Å². The van der Waals surface area contributed by atoms with Gasteiger partial charge in [0.2, 0.25) is 0 Å². The van der Waals surface area contributed by atoms with Crippen LogP contribution < -0.4 is 0 Å². The maximum atomic E-state index is 6.07. The molecule has 0 saturated heterocycles. The summed E-state index contributed by atoms with van der Waals surface area (Å²) < 4.78 is 18.2. The molecule has 0 N–H and O–H groups in total. The van der Waals surface area contributed by atoms with Gasteiger partial charge in [-0.25, -0.2) is 0 Å². The Morgan fingerprint density at radius 2 is 0.970 bits per heavy atom. The molecule has 3 unspecified atom stereocenters. The van der Waals surface area contributed by atoms with Crippen LogP contribution in [-0.4, -0.2) is 53.3 Å². The van der Waals surface area contributed by atoms with Gasteiger partial charge in [-0.2, -0.15) is 0 Å². The van der Waals surface area contributed by atoms with Crippen molar-refractivity contribution in [1.29, 1.82) is 0 Å². The summed E-state index contributed by atoms with van der Waals surface area (Å²) in [6.45, 7) is 17.6. The quantitative estimate of drug-likeness (QED) is 0.366. The minimum atomic E-state index is -2.03. The van der Waals surface area contributed by atoms with Gasteiger partial charge in [0.15, 0.2) is 0 Å². The summed E-state index contributed by atoms with van der Waals surface area (Å²) in [7, 11) is -2.43. The predicted molar refractivity (Wildman–Crippen MR) is 146 cm³/mol. The van der Waals surface area contributed by atoms with E-state index in [-0.39, 0.29) is 16.8 Å². The highest BCUT2D eigenvalue weighted by Gasteiger charge is 2.44. The van der Waals surface area contributed by atoms with Crippen LogP contribution in [0.3, 0.4) is 0 Å². The van der Waals surface area contributed by atoms with Gasteiger partial charge in [-0.15, -0.1) is 0 Å². The first-order valence-corrected chi connectivity index (χ1v) is 18.5. The van der Waals surface area contributed by atoms with E-state index in [1.165, 1.54) is 0 Å². The van der Waals surface area contributed by atoms with Crippen LogP contribution in [0.15, 0.2) is 70.3 Å². The lowest BCUT2D eigenvalue weighted by Crippen LogP contribution is -2.50. The van der Waals surface area contributed by atoms with Gasteiger partial charge in [0.05, 0.1) is 16.8 Å². The molecular formula is C28H44O3Si2. The van der Waals surface area contributed by atoms with Crippen LogP contribution >= 0.6 is 0 Å². The molecule has 0 bridgehead atoms. The molecule has 5 heteroatoms. The van der Waals surface area contributed by atoms with Crippen molar-refractivity contribution in [2.45, 2.75) is 84.2 Å². The van der Waals surface area contributed by atoms with E-state index in [9.17, 15) is 0 Å². The lowest BCUT2D eigenvalue weighted by molar-refractivity contribution is 0.0150. The molecule has 3 aliphatic carbocycles. The fourth-order valence-electron chi connectivity index (χ4n) is 5.52. The zero-order valence-electron chi connectivity index (χ0n) is 21.9. The Hall–Kier alpha value is -1.25. The average molecular weight is 485 g/mol. The molecule has 33 heavy (non-hydrogen) atoms. The van der Waals surface area contributed by atoms with E-state index in [1.54, 1.807) is 15.6 Å². The second-order valence-electron chi connectivity index (χ2n) is 10.1. The monoisotopic (exact) mass is 484 g/mol. The first-order chi connectivity index (χ1) is 15.7. The lowest BCUT2D eigenvalue weighted by Gasteiger charge is -2.42. The highest BCUT2D eigenvalue weighted by atomic mass is 29.2. The van der Waals surface area contributed by atoms with E-state index in [2.05, 4.69) is 103 Å². The summed E-state index contributed by atoms with van der Waals surface area (Å²) in [6, 6.07) is 0. The van der Waals surface area contributed by atoms with Crippen LogP contribution in [-0.2, 0) is 14.2 Å². The minimum absolute atomic E-state index is 0.192. The Labute approximate surface area is 205 Å². The van der Waals surface area contributed by atoms with Crippen molar-refractivity contribution < 1.29 is 14.2 Å². The van der Waals surface area contributed by atoms with Gasteiger partial charge in [0.25, 0.3) is 0 Å². The van der Waals surface area contributed by atoms with Crippen molar-refractivity contribution in [3.05, 3.63) is 70.3 Å². The molecule has 0 amide bonds. The van der Waals surface area contributed by atoms with Crippen LogP contribution in [0.1, 0.15) is 60.8 Å². The summed E-state index contributed by atoms with van der Waals surface area (Å²) in [5.74, 6) is 0. The Morgan fingerprint density at radius 1 is 0.667 bits per heavy atom. The molecule has 3 nitrogen and oxygen atoms in total. The molecule has 0 aromatic rings. The summed E-state index contributed by atoms with van der Waals surface area (Å²) in [6.07, 6.45) is 24.4. The third kappa shape index (κ3) is 5.54. The Kier molecular flexibility index (Phi) is 8.44. The van der Waals surface area contributed by atoms with Gasteiger partial charge in [0.1, 0.15) is 7.59 Å². The summed E-state index contributed by atoms with van der Waals surface area (Å²) >= 11 is 0. The lowest BCUT2D eigenvalue weighted by atomic mass is 9.97. The van der Waals surface area contributed by atoms with Crippen molar-refractivity contribution in [3.63, 3.8) is 0 Å². The van der Waals surface area contributed by atoms with Crippen LogP contribution in [0, 0.1) is 0 Å². The van der Waals surface area contributed by atoms with Gasteiger partial charge in [-0.3, -0.25) is 0 Å². The molecule has 0 aromatic heterocycles. The van der Waals surface area contributed by atoms with Crippen molar-refractivity contribution >= 4 is 16.6 Å². The number of rotatable bonds is 10. The summed E-state index contributed by atoms with van der Waals surface area (Å²) in [4.78, 5) is 0. The van der Waals surface area contributed by atoms with E-state index >= 15 is 0 Å². The molecule has 3 rings (SSSR count). The molecule has 0 radical (unpaired) electrons. The third-order valence-corrected chi connectivity index (χ3v) is 19.4. The second-order valence-corrected chi connectivity index (χ2v) is 19.6. The van der Waals surface area contributed by atoms with Gasteiger partial charge in [-0.1, -0.05) is 76.8 Å². The van der Waals surface area contributed by atoms with E-state index in [0.717, 1.165) is 39.1 Å². The van der Waals surface area contributed by atoms with E-state index in [4.69, 9.17) is 14.2 Å². The van der Waals surface area contributed by atoms with Crippen LogP contribution in [0.5, 0.6) is 0 Å². The summed E-state index contributed by atoms with van der Waals surface area (Å²) in [5.41, 5.74) is -0.576. The standard InChI is InChI=1S/C28H44O3Si2/c1-8-29-26(4)17-11-23(12-18-26)33(32-7,24-13-19-27(5,20-14-24)30-9-2)25-15-21-28(6,22-16-25)31-10-3/h11-17,19,21H,8-10,18,20,22,32H2,1-7H3. The average Bonchev–Trinajstić information content (AvgIpc) is 2.78. The summed E-state index contributed by atoms with van der Waals surface area (Å²) in [5, 5.41) is 4.67. The first kappa shape index (κ1) is 26.4. The molecule has 182 valence electrons. The van der Waals surface area contributed by atoms with Gasteiger partial charge >= 0.3 is 0 Å². The van der Waals surface area contributed by atoms with Crippen molar-refractivity contribution in [2.75, 3.05) is 19.8 Å². The molecule has 0 fully saturated rings. The second kappa shape index (κ2) is 10.6. The maximum absolute atomic E-state index is 6.07. The minimum Gasteiger partial charge on any atom is -0.371 e. The molecule has 0 heterocycles. The normalized spacial score (nSPS) is 33.7. The Balaban J connectivity index is 2.03. The largest absolute Gasteiger partial charge is 0.371 e. The van der Waals surface area contributed by atoms with Gasteiger partial charge in [0, 0.05) is 28.9 Å². The fraction of sp³-hybridized carbons (Fsp3) is 0.571. The molecule has 0 spiro atoms. The number of allylic oxidation sites excluding steroid dienone is 6. The Morgan fingerprint density at radius 3 is 1.15 bits per heavy atom. The topological polar surface area (TPSA) is 27.7 Å². The van der Waals surface area contributed by atoms with Crippen molar-refractivity contribution in [2.24, 2.45) is 0 Å². The molecule has 3 aliphatic rings. The highest BCUT2D eigenvalue weighted by molar-refractivity contribution is 7.35. The zero-order valence-corrected chi connectivity index (χ0v) is 24.3. The first-order valence-electron chi connectivity index (χ1n) is 12.8. The number of hydrogen-bond donors (Lipinski definition) is 0. The smallest absolute Gasteiger partial charge is 0.130 e. The van der Waals surface area contributed by atoms with Crippen LogP contribution in [0.25, 0.3) is 0 Å². The van der Waals surface area contributed by atoms with E-state index in [1.807, 2.05) is 0 Å². The zero-order chi connectivity index (χ0) is 24.2. The van der Waals surface area contributed by atoms with Gasteiger partial charge in [-0.05, 0) is 60.8 Å².